The summed E-state index contributed by atoms with van der Waals surface area (Å²) in [5.74, 6) is 0.739. The van der Waals surface area contributed by atoms with Crippen LogP contribution in [0, 0.1) is 13.8 Å². The Bertz CT molecular complexity index is 622. The van der Waals surface area contributed by atoms with Crippen molar-refractivity contribution in [3.8, 4) is 0 Å². The molecule has 4 nitrogen and oxygen atoms in total. The maximum Gasteiger partial charge on any atom is 0.146 e. The van der Waals surface area contributed by atoms with E-state index in [1.54, 1.807) is 0 Å². The Morgan fingerprint density at radius 2 is 1.95 bits per heavy atom. The van der Waals surface area contributed by atoms with Gasteiger partial charge < -0.3 is 5.73 Å². The number of nitrogens with zero attached hydrogens (tertiary/aromatic N) is 3. The lowest BCUT2D eigenvalue weighted by Gasteiger charge is -2.24. The highest BCUT2D eigenvalue weighted by Crippen LogP contribution is 2.36. The van der Waals surface area contributed by atoms with Crippen LogP contribution in [0.1, 0.15) is 47.1 Å². The second-order valence-electron chi connectivity index (χ2n) is 5.16. The molecule has 0 radical (unpaired) electrons. The van der Waals surface area contributed by atoms with Gasteiger partial charge in [-0.15, -0.1) is 0 Å². The third kappa shape index (κ3) is 2.07. The topological polar surface area (TPSA) is 64.7 Å². The van der Waals surface area contributed by atoms with Gasteiger partial charge in [-0.2, -0.15) is 0 Å². The zero-order chi connectivity index (χ0) is 13.4. The molecule has 1 aliphatic carbocycles. The van der Waals surface area contributed by atoms with Crippen molar-refractivity contribution in [1.82, 2.24) is 15.0 Å². The Morgan fingerprint density at radius 1 is 1.16 bits per heavy atom. The number of nitrogen functional groups attached to an aromatic ring is 1. The number of aromatic nitrogens is 3. The molecule has 98 valence electrons. The molecule has 2 aromatic rings. The van der Waals surface area contributed by atoms with Gasteiger partial charge in [0.05, 0.1) is 22.8 Å². The van der Waals surface area contributed by atoms with E-state index < -0.39 is 0 Å². The van der Waals surface area contributed by atoms with Crippen molar-refractivity contribution in [2.24, 2.45) is 0 Å². The van der Waals surface area contributed by atoms with Crippen LogP contribution >= 0.6 is 0 Å². The lowest BCUT2D eigenvalue weighted by molar-refractivity contribution is 0.586. The first kappa shape index (κ1) is 12.1. The molecule has 1 atom stereocenters. The van der Waals surface area contributed by atoms with E-state index in [0.717, 1.165) is 42.0 Å². The summed E-state index contributed by atoms with van der Waals surface area (Å²) < 4.78 is 0. The molecule has 2 aromatic heterocycles. The van der Waals surface area contributed by atoms with Crippen LogP contribution in [0.15, 0.2) is 18.3 Å². The zero-order valence-corrected chi connectivity index (χ0v) is 11.3. The maximum absolute atomic E-state index is 6.08. The van der Waals surface area contributed by atoms with Crippen LogP contribution in [0.3, 0.4) is 0 Å². The third-order valence-corrected chi connectivity index (χ3v) is 3.89. The van der Waals surface area contributed by atoms with Gasteiger partial charge in [0.1, 0.15) is 5.82 Å². The second-order valence-corrected chi connectivity index (χ2v) is 5.16. The normalized spacial score (nSPS) is 18.1. The lowest BCUT2D eigenvalue weighted by Crippen LogP contribution is -2.17. The molecule has 0 spiro atoms. The second kappa shape index (κ2) is 4.61. The Balaban J connectivity index is 2.11. The van der Waals surface area contributed by atoms with Crippen molar-refractivity contribution >= 4 is 5.82 Å². The average molecular weight is 254 g/mol. The quantitative estimate of drug-likeness (QED) is 0.849. The van der Waals surface area contributed by atoms with Crippen LogP contribution in [0.4, 0.5) is 5.82 Å². The molecule has 2 N–H and O–H groups in total. The number of pyridine rings is 1. The minimum absolute atomic E-state index is 0.191. The van der Waals surface area contributed by atoms with E-state index in [9.17, 15) is 0 Å². The third-order valence-electron chi connectivity index (χ3n) is 3.89. The Hall–Kier alpha value is -1.97. The molecule has 0 aliphatic heterocycles. The van der Waals surface area contributed by atoms with E-state index in [2.05, 4.69) is 21.0 Å². The number of nitrogens with two attached hydrogens (primary N) is 1. The molecule has 0 fully saturated rings. The number of aryl methyl sites for hydroxylation is 3. The van der Waals surface area contributed by atoms with E-state index in [0.29, 0.717) is 5.82 Å². The molecule has 0 bridgehead atoms. The fourth-order valence-corrected chi connectivity index (χ4v) is 2.77. The molecule has 4 heteroatoms. The SMILES string of the molecule is Cc1nc(N)c(C2CCCc3cccnc32)nc1C. The highest BCUT2D eigenvalue weighted by Gasteiger charge is 2.26. The Labute approximate surface area is 113 Å². The fourth-order valence-electron chi connectivity index (χ4n) is 2.77. The minimum Gasteiger partial charge on any atom is -0.382 e. The molecule has 0 amide bonds. The molecule has 1 aliphatic rings. The highest BCUT2D eigenvalue weighted by atomic mass is 14.9. The Kier molecular flexibility index (Phi) is 2.93. The minimum atomic E-state index is 0.191. The predicted molar refractivity (Wildman–Crippen MR) is 74.9 cm³/mol. The van der Waals surface area contributed by atoms with Crippen LogP contribution in [0.2, 0.25) is 0 Å². The number of anilines is 1. The summed E-state index contributed by atoms with van der Waals surface area (Å²) in [5, 5.41) is 0. The van der Waals surface area contributed by atoms with E-state index in [-0.39, 0.29) is 5.92 Å². The molecular weight excluding hydrogens is 236 g/mol. The number of fused-ring (bicyclic) bond motifs is 1. The van der Waals surface area contributed by atoms with Crippen LogP contribution in [-0.2, 0) is 6.42 Å². The maximum atomic E-state index is 6.08. The summed E-state index contributed by atoms with van der Waals surface area (Å²) in [6, 6.07) is 4.15. The first-order valence-corrected chi connectivity index (χ1v) is 6.71. The van der Waals surface area contributed by atoms with E-state index >= 15 is 0 Å². The van der Waals surface area contributed by atoms with Crippen molar-refractivity contribution in [3.63, 3.8) is 0 Å². The molecule has 19 heavy (non-hydrogen) atoms. The summed E-state index contributed by atoms with van der Waals surface area (Å²) >= 11 is 0. The highest BCUT2D eigenvalue weighted by molar-refractivity contribution is 5.44. The molecule has 0 aromatic carbocycles. The van der Waals surface area contributed by atoms with E-state index in [1.165, 1.54) is 5.56 Å². The van der Waals surface area contributed by atoms with Gasteiger partial charge in [0.15, 0.2) is 0 Å². The summed E-state index contributed by atoms with van der Waals surface area (Å²) in [6.07, 6.45) is 5.14. The van der Waals surface area contributed by atoms with Crippen molar-refractivity contribution in [2.45, 2.75) is 39.0 Å². The number of hydrogen-bond acceptors (Lipinski definition) is 4. The van der Waals surface area contributed by atoms with Crippen LogP contribution < -0.4 is 5.73 Å². The summed E-state index contributed by atoms with van der Waals surface area (Å²) in [5.41, 5.74) is 11.3. The summed E-state index contributed by atoms with van der Waals surface area (Å²) in [4.78, 5) is 13.6. The fraction of sp³-hybridized carbons (Fsp3) is 0.400. The largest absolute Gasteiger partial charge is 0.382 e. The van der Waals surface area contributed by atoms with Crippen molar-refractivity contribution in [2.75, 3.05) is 5.73 Å². The molecule has 1 unspecified atom stereocenters. The van der Waals surface area contributed by atoms with E-state index in [1.807, 2.05) is 26.1 Å². The van der Waals surface area contributed by atoms with Crippen molar-refractivity contribution in [3.05, 3.63) is 46.7 Å². The summed E-state index contributed by atoms with van der Waals surface area (Å²) in [7, 11) is 0. The van der Waals surface area contributed by atoms with Gasteiger partial charge in [0, 0.05) is 12.1 Å². The van der Waals surface area contributed by atoms with Gasteiger partial charge in [-0.3, -0.25) is 9.97 Å². The molecule has 0 saturated heterocycles. The molecule has 0 saturated carbocycles. The van der Waals surface area contributed by atoms with Gasteiger partial charge in [-0.1, -0.05) is 6.07 Å². The molecule has 2 heterocycles. The number of rotatable bonds is 1. The van der Waals surface area contributed by atoms with Crippen molar-refractivity contribution in [1.29, 1.82) is 0 Å². The van der Waals surface area contributed by atoms with Gasteiger partial charge in [0.2, 0.25) is 0 Å². The zero-order valence-electron chi connectivity index (χ0n) is 11.3. The van der Waals surface area contributed by atoms with E-state index in [4.69, 9.17) is 5.73 Å². The first-order chi connectivity index (χ1) is 9.16. The predicted octanol–water partition coefficient (Wildman–Crippen LogP) is 2.54. The lowest BCUT2D eigenvalue weighted by atomic mass is 9.84. The monoisotopic (exact) mass is 254 g/mol. The van der Waals surface area contributed by atoms with Gasteiger partial charge in [0.25, 0.3) is 0 Å². The van der Waals surface area contributed by atoms with Crippen LogP contribution in [0.25, 0.3) is 0 Å². The van der Waals surface area contributed by atoms with Crippen molar-refractivity contribution < 1.29 is 0 Å². The van der Waals surface area contributed by atoms with Gasteiger partial charge in [-0.05, 0) is 44.7 Å². The molecular formula is C15H18N4. The average Bonchev–Trinajstić information content (AvgIpc) is 2.42. The summed E-state index contributed by atoms with van der Waals surface area (Å²) in [6.45, 7) is 3.92. The van der Waals surface area contributed by atoms with Crippen LogP contribution in [0.5, 0.6) is 0 Å². The Morgan fingerprint density at radius 3 is 2.79 bits per heavy atom. The first-order valence-electron chi connectivity index (χ1n) is 6.71. The molecule has 3 rings (SSSR count). The van der Waals surface area contributed by atoms with Crippen LogP contribution in [-0.4, -0.2) is 15.0 Å². The standard InChI is InChI=1S/C15H18N4/c1-9-10(2)19-15(16)14(18-9)12-7-3-5-11-6-4-8-17-13(11)12/h4,6,8,12H,3,5,7H2,1-2H3,(H2,16,19). The van der Waals surface area contributed by atoms with Gasteiger partial charge >= 0.3 is 0 Å². The van der Waals surface area contributed by atoms with Gasteiger partial charge in [-0.25, -0.2) is 4.98 Å². The smallest absolute Gasteiger partial charge is 0.146 e. The number of hydrogen-bond donors (Lipinski definition) is 1.